The second-order valence-corrected chi connectivity index (χ2v) is 6.83. The van der Waals surface area contributed by atoms with Gasteiger partial charge >= 0.3 is 5.97 Å². The van der Waals surface area contributed by atoms with E-state index in [2.05, 4.69) is 10.6 Å². The van der Waals surface area contributed by atoms with Crippen molar-refractivity contribution in [2.24, 2.45) is 0 Å². The highest BCUT2D eigenvalue weighted by Gasteiger charge is 2.31. The minimum absolute atomic E-state index is 0.173. The van der Waals surface area contributed by atoms with Gasteiger partial charge in [-0.25, -0.2) is 0 Å². The first kappa shape index (κ1) is 19.6. The largest absolute Gasteiger partial charge is 0.478 e. The second-order valence-electron chi connectivity index (χ2n) is 6.83. The van der Waals surface area contributed by atoms with Crippen molar-refractivity contribution in [1.29, 1.82) is 0 Å². The fraction of sp³-hybridized carbons (Fsp3) is 0.286. The molecule has 0 saturated carbocycles. The topological polar surface area (TPSA) is 112 Å². The minimum Gasteiger partial charge on any atom is -0.478 e. The highest BCUT2D eigenvalue weighted by molar-refractivity contribution is 5.99. The number of hydrogen-bond donors (Lipinski definition) is 2. The Bertz CT molecular complexity index is 991. The zero-order valence-electron chi connectivity index (χ0n) is 16.2. The van der Waals surface area contributed by atoms with Crippen LogP contribution in [0.25, 0.3) is 0 Å². The van der Waals surface area contributed by atoms with Crippen molar-refractivity contribution in [1.82, 2.24) is 5.32 Å². The van der Waals surface area contributed by atoms with E-state index < -0.39 is 30.0 Å². The van der Waals surface area contributed by atoms with Gasteiger partial charge in [-0.15, -0.1) is 0 Å². The van der Waals surface area contributed by atoms with Gasteiger partial charge in [0.15, 0.2) is 23.7 Å². The van der Waals surface area contributed by atoms with Crippen molar-refractivity contribution in [3.05, 3.63) is 48.0 Å². The number of anilines is 1. The van der Waals surface area contributed by atoms with Gasteiger partial charge in [0.05, 0.1) is 12.1 Å². The molecule has 2 N–H and O–H groups in total. The molecule has 156 valence electrons. The van der Waals surface area contributed by atoms with Gasteiger partial charge in [-0.3, -0.25) is 14.4 Å². The number of carbonyl (C=O) groups excluding carboxylic acids is 3. The Labute approximate surface area is 172 Å². The van der Waals surface area contributed by atoms with Crippen molar-refractivity contribution in [3.63, 3.8) is 0 Å². The molecule has 2 aliphatic rings. The van der Waals surface area contributed by atoms with E-state index in [-0.39, 0.29) is 19.8 Å². The third kappa shape index (κ3) is 4.29. The molecule has 0 fully saturated rings. The summed E-state index contributed by atoms with van der Waals surface area (Å²) in [6.07, 6.45) is -2.35. The molecule has 9 heteroatoms. The monoisotopic (exact) mass is 412 g/mol. The number of hydrogen-bond acceptors (Lipinski definition) is 7. The maximum atomic E-state index is 12.3. The van der Waals surface area contributed by atoms with Crippen molar-refractivity contribution in [3.8, 4) is 17.2 Å². The first-order valence-electron chi connectivity index (χ1n) is 9.42. The number of ether oxygens (including phenoxy) is 4. The van der Waals surface area contributed by atoms with E-state index in [0.717, 1.165) is 5.56 Å². The molecule has 0 radical (unpaired) electrons. The summed E-state index contributed by atoms with van der Waals surface area (Å²) in [7, 11) is 0. The summed E-state index contributed by atoms with van der Waals surface area (Å²) in [6.45, 7) is 1.87. The maximum Gasteiger partial charge on any atom is 0.310 e. The predicted molar refractivity (Wildman–Crippen MR) is 104 cm³/mol. The summed E-state index contributed by atoms with van der Waals surface area (Å²) in [5, 5.41) is 5.38. The molecule has 0 aliphatic carbocycles. The third-order valence-corrected chi connectivity index (χ3v) is 4.64. The number of para-hydroxylation sites is 2. The lowest BCUT2D eigenvalue weighted by Gasteiger charge is -2.25. The Kier molecular flexibility index (Phi) is 5.42. The smallest absolute Gasteiger partial charge is 0.310 e. The van der Waals surface area contributed by atoms with E-state index >= 15 is 0 Å². The molecule has 2 amide bonds. The number of rotatable bonds is 6. The van der Waals surface area contributed by atoms with E-state index in [0.29, 0.717) is 22.9 Å². The number of carbonyl (C=O) groups is 3. The fourth-order valence-corrected chi connectivity index (χ4v) is 3.06. The summed E-state index contributed by atoms with van der Waals surface area (Å²) in [6, 6.07) is 12.3. The van der Waals surface area contributed by atoms with Crippen LogP contribution in [-0.4, -0.2) is 36.8 Å². The molecule has 0 spiro atoms. The predicted octanol–water partition coefficient (Wildman–Crippen LogP) is 1.75. The molecule has 2 aromatic rings. The standard InChI is InChI=1S/C21H20N2O7/c1-12(20(25)22-10-13-6-7-16-17(8-13)28-11-27-16)29-19(24)9-18-21(26)23-14-4-2-3-5-15(14)30-18/h2-8,12,18H,9-11H2,1H3,(H,22,25)(H,23,26)/t12-,18+/m0/s1. The lowest BCUT2D eigenvalue weighted by atomic mass is 10.1. The Balaban J connectivity index is 1.26. The lowest BCUT2D eigenvalue weighted by molar-refractivity contribution is -0.157. The summed E-state index contributed by atoms with van der Waals surface area (Å²) in [4.78, 5) is 36.6. The van der Waals surface area contributed by atoms with Gasteiger partial charge in [-0.05, 0) is 36.8 Å². The van der Waals surface area contributed by atoms with Crippen molar-refractivity contribution in [2.45, 2.75) is 32.1 Å². The molecule has 4 rings (SSSR count). The first-order chi connectivity index (χ1) is 14.5. The van der Waals surface area contributed by atoms with Gasteiger partial charge in [0.25, 0.3) is 11.8 Å². The molecule has 2 heterocycles. The minimum atomic E-state index is -1.02. The van der Waals surface area contributed by atoms with E-state index in [1.54, 1.807) is 42.5 Å². The van der Waals surface area contributed by atoms with Crippen LogP contribution in [-0.2, 0) is 25.7 Å². The van der Waals surface area contributed by atoms with Gasteiger partial charge in [-0.1, -0.05) is 18.2 Å². The first-order valence-corrected chi connectivity index (χ1v) is 9.42. The zero-order valence-corrected chi connectivity index (χ0v) is 16.2. The Morgan fingerprint density at radius 2 is 1.97 bits per heavy atom. The zero-order chi connectivity index (χ0) is 21.1. The van der Waals surface area contributed by atoms with Crippen LogP contribution in [0, 0.1) is 0 Å². The molecule has 0 aromatic heterocycles. The van der Waals surface area contributed by atoms with Crippen molar-refractivity contribution in [2.75, 3.05) is 12.1 Å². The number of benzene rings is 2. The highest BCUT2D eigenvalue weighted by atomic mass is 16.7. The molecule has 2 atom stereocenters. The number of amides is 2. The van der Waals surface area contributed by atoms with Crippen LogP contribution >= 0.6 is 0 Å². The van der Waals surface area contributed by atoms with Gasteiger partial charge < -0.3 is 29.6 Å². The maximum absolute atomic E-state index is 12.3. The number of esters is 1. The van der Waals surface area contributed by atoms with Gasteiger partial charge in [0.2, 0.25) is 6.79 Å². The fourth-order valence-electron chi connectivity index (χ4n) is 3.06. The molecule has 2 aromatic carbocycles. The molecule has 0 bridgehead atoms. The molecule has 9 nitrogen and oxygen atoms in total. The van der Waals surface area contributed by atoms with Crippen LogP contribution in [0.4, 0.5) is 5.69 Å². The molecule has 2 aliphatic heterocycles. The number of fused-ring (bicyclic) bond motifs is 2. The van der Waals surface area contributed by atoms with E-state index in [1.165, 1.54) is 6.92 Å². The number of nitrogens with one attached hydrogen (secondary N) is 2. The third-order valence-electron chi connectivity index (χ3n) is 4.64. The highest BCUT2D eigenvalue weighted by Crippen LogP contribution is 2.32. The second kappa shape index (κ2) is 8.32. The van der Waals surface area contributed by atoms with Crippen LogP contribution in [0.3, 0.4) is 0 Å². The Hall–Kier alpha value is -3.75. The van der Waals surface area contributed by atoms with Crippen LogP contribution < -0.4 is 24.8 Å². The van der Waals surface area contributed by atoms with Crippen LogP contribution in [0.1, 0.15) is 18.9 Å². The molecular weight excluding hydrogens is 392 g/mol. The SMILES string of the molecule is C[C@H](OC(=O)C[C@H]1Oc2ccccc2NC1=O)C(=O)NCc1ccc2c(c1)OCO2. The van der Waals surface area contributed by atoms with Gasteiger partial charge in [0, 0.05) is 6.54 Å². The molecular formula is C21H20N2O7. The average Bonchev–Trinajstić information content (AvgIpc) is 3.20. The van der Waals surface area contributed by atoms with E-state index in [9.17, 15) is 14.4 Å². The molecule has 30 heavy (non-hydrogen) atoms. The van der Waals surface area contributed by atoms with Crippen molar-refractivity contribution < 1.29 is 33.3 Å². The van der Waals surface area contributed by atoms with Gasteiger partial charge in [0.1, 0.15) is 5.75 Å². The lowest BCUT2D eigenvalue weighted by Crippen LogP contribution is -2.40. The summed E-state index contributed by atoms with van der Waals surface area (Å²) < 4.78 is 21.3. The van der Waals surface area contributed by atoms with E-state index in [1.807, 2.05) is 0 Å². The van der Waals surface area contributed by atoms with Gasteiger partial charge in [-0.2, -0.15) is 0 Å². The Morgan fingerprint density at radius 3 is 2.83 bits per heavy atom. The summed E-state index contributed by atoms with van der Waals surface area (Å²) in [5.41, 5.74) is 1.36. The quantitative estimate of drug-likeness (QED) is 0.695. The van der Waals surface area contributed by atoms with E-state index in [4.69, 9.17) is 18.9 Å². The molecule has 0 saturated heterocycles. The van der Waals surface area contributed by atoms with Crippen LogP contribution in [0.15, 0.2) is 42.5 Å². The van der Waals surface area contributed by atoms with Crippen molar-refractivity contribution >= 4 is 23.5 Å². The summed E-state index contributed by atoms with van der Waals surface area (Å²) >= 11 is 0. The van der Waals surface area contributed by atoms with Crippen LogP contribution in [0.5, 0.6) is 17.2 Å². The normalized spacial score (nSPS) is 17.2. The van der Waals surface area contributed by atoms with Crippen LogP contribution in [0.2, 0.25) is 0 Å². The average molecular weight is 412 g/mol. The summed E-state index contributed by atoms with van der Waals surface area (Å²) in [5.74, 6) is 0.146. The molecule has 0 unspecified atom stereocenters. The Morgan fingerprint density at radius 1 is 1.17 bits per heavy atom.